The molecule has 0 saturated heterocycles. The highest BCUT2D eigenvalue weighted by Crippen LogP contribution is 2.40. The van der Waals surface area contributed by atoms with Gasteiger partial charge >= 0.3 is 17.9 Å². The largest absolute Gasteiger partial charge is 0.462 e. The molecule has 0 aliphatic heterocycles. The molecule has 8 nitrogen and oxygen atoms in total. The fourth-order valence-electron chi connectivity index (χ4n) is 4.76. The second kappa shape index (κ2) is 15.8. The molecule has 224 valence electrons. The zero-order valence-corrected chi connectivity index (χ0v) is 24.5. The van der Waals surface area contributed by atoms with Crippen molar-refractivity contribution < 1.29 is 38.4 Å². The van der Waals surface area contributed by atoms with E-state index in [1.807, 2.05) is 24.3 Å². The minimum absolute atomic E-state index is 0.0348. The standard InChI is InChI=1S/C34H40O8/c1-22(2)32(36)40-18-6-7-25-8-10-26(11-9-25)28-14-17-31(42-34(38)24(4)21-39-5)30(19-28)27-12-15-29(16-13-27)41-33(37)23(3)20-35/h8-11,14,17,19,27,29,35H,1,3-4,6-7,12-13,15-16,18,20-21H2,2,5H3. The first-order valence-electron chi connectivity index (χ1n) is 14.1. The molecule has 0 spiro atoms. The number of aliphatic hydroxyl groups is 1. The Morgan fingerprint density at radius 1 is 0.881 bits per heavy atom. The molecule has 0 radical (unpaired) electrons. The zero-order chi connectivity index (χ0) is 30.6. The van der Waals surface area contributed by atoms with Gasteiger partial charge in [0.25, 0.3) is 0 Å². The molecule has 0 amide bonds. The average molecular weight is 577 g/mol. The molecule has 42 heavy (non-hydrogen) atoms. The maximum Gasteiger partial charge on any atom is 0.341 e. The summed E-state index contributed by atoms with van der Waals surface area (Å²) in [7, 11) is 1.49. The van der Waals surface area contributed by atoms with Gasteiger partial charge in [-0.25, -0.2) is 14.4 Å². The lowest BCUT2D eigenvalue weighted by Gasteiger charge is -2.30. The lowest BCUT2D eigenvalue weighted by Crippen LogP contribution is -2.25. The van der Waals surface area contributed by atoms with E-state index in [-0.39, 0.29) is 35.7 Å². The highest BCUT2D eigenvalue weighted by Gasteiger charge is 2.28. The third kappa shape index (κ3) is 9.26. The molecule has 1 saturated carbocycles. The molecule has 1 N–H and O–H groups in total. The monoisotopic (exact) mass is 576 g/mol. The highest BCUT2D eigenvalue weighted by molar-refractivity contribution is 5.90. The summed E-state index contributed by atoms with van der Waals surface area (Å²) in [6.45, 7) is 12.5. The summed E-state index contributed by atoms with van der Waals surface area (Å²) < 4.78 is 21.5. The van der Waals surface area contributed by atoms with Gasteiger partial charge in [-0.05, 0) is 85.8 Å². The van der Waals surface area contributed by atoms with E-state index in [9.17, 15) is 14.4 Å². The quantitative estimate of drug-likeness (QED) is 0.133. The smallest absolute Gasteiger partial charge is 0.341 e. The number of aliphatic hydroxyl groups excluding tert-OH is 1. The summed E-state index contributed by atoms with van der Waals surface area (Å²) in [4.78, 5) is 36.3. The first-order valence-corrected chi connectivity index (χ1v) is 14.1. The van der Waals surface area contributed by atoms with Gasteiger partial charge in [-0.1, -0.05) is 50.1 Å². The third-order valence-corrected chi connectivity index (χ3v) is 7.17. The van der Waals surface area contributed by atoms with E-state index in [1.54, 1.807) is 6.92 Å². The first-order chi connectivity index (χ1) is 20.1. The molecular weight excluding hydrogens is 536 g/mol. The Hall–Kier alpha value is -4.01. The van der Waals surface area contributed by atoms with Crippen LogP contribution in [0.3, 0.4) is 0 Å². The van der Waals surface area contributed by atoms with Crippen LogP contribution in [0.25, 0.3) is 11.1 Å². The van der Waals surface area contributed by atoms with Crippen molar-refractivity contribution in [1.82, 2.24) is 0 Å². The van der Waals surface area contributed by atoms with Gasteiger partial charge in [0, 0.05) is 12.7 Å². The van der Waals surface area contributed by atoms with Crippen molar-refractivity contribution in [2.45, 2.75) is 57.5 Å². The van der Waals surface area contributed by atoms with Crippen molar-refractivity contribution in [3.05, 3.63) is 90.0 Å². The van der Waals surface area contributed by atoms with Gasteiger partial charge in [0.1, 0.15) is 11.9 Å². The van der Waals surface area contributed by atoms with Crippen LogP contribution < -0.4 is 4.74 Å². The maximum absolute atomic E-state index is 12.7. The van der Waals surface area contributed by atoms with Crippen LogP contribution in [0.15, 0.2) is 78.9 Å². The molecule has 0 atom stereocenters. The lowest BCUT2D eigenvalue weighted by molar-refractivity contribution is -0.146. The fourth-order valence-corrected chi connectivity index (χ4v) is 4.76. The van der Waals surface area contributed by atoms with Crippen LogP contribution in [0.5, 0.6) is 5.75 Å². The molecule has 0 bridgehead atoms. The predicted octanol–water partition coefficient (Wildman–Crippen LogP) is 5.63. The summed E-state index contributed by atoms with van der Waals surface area (Å²) in [6, 6.07) is 14.0. The number of aryl methyl sites for hydroxylation is 1. The van der Waals surface area contributed by atoms with E-state index in [2.05, 4.69) is 37.9 Å². The van der Waals surface area contributed by atoms with E-state index in [1.165, 1.54) is 7.11 Å². The average Bonchev–Trinajstić information content (AvgIpc) is 2.99. The summed E-state index contributed by atoms with van der Waals surface area (Å²) in [5.41, 5.74) is 4.67. The minimum atomic E-state index is -0.578. The van der Waals surface area contributed by atoms with Crippen molar-refractivity contribution in [3.8, 4) is 16.9 Å². The van der Waals surface area contributed by atoms with Gasteiger partial charge in [-0.3, -0.25) is 0 Å². The number of esters is 3. The van der Waals surface area contributed by atoms with Gasteiger partial charge in [0.2, 0.25) is 0 Å². The summed E-state index contributed by atoms with van der Waals surface area (Å²) >= 11 is 0. The molecule has 0 heterocycles. The van der Waals surface area contributed by atoms with Crippen LogP contribution in [0.4, 0.5) is 0 Å². The van der Waals surface area contributed by atoms with E-state index >= 15 is 0 Å². The Morgan fingerprint density at radius 2 is 1.55 bits per heavy atom. The molecule has 1 fully saturated rings. The number of hydrogen-bond donors (Lipinski definition) is 1. The topological polar surface area (TPSA) is 108 Å². The first kappa shape index (κ1) is 32.5. The van der Waals surface area contributed by atoms with Crippen molar-refractivity contribution in [3.63, 3.8) is 0 Å². The number of ether oxygens (including phenoxy) is 4. The normalized spacial score (nSPS) is 16.3. The van der Waals surface area contributed by atoms with E-state index in [0.29, 0.717) is 37.2 Å². The lowest BCUT2D eigenvalue weighted by atomic mass is 9.81. The maximum atomic E-state index is 12.7. The Morgan fingerprint density at radius 3 is 2.17 bits per heavy atom. The van der Waals surface area contributed by atoms with Crippen molar-refractivity contribution in [2.75, 3.05) is 26.9 Å². The van der Waals surface area contributed by atoms with E-state index in [4.69, 9.17) is 24.1 Å². The van der Waals surface area contributed by atoms with E-state index in [0.717, 1.165) is 41.5 Å². The molecule has 1 aliphatic rings. The van der Waals surface area contributed by atoms with Gasteiger partial charge in [0.15, 0.2) is 0 Å². The molecule has 2 aromatic carbocycles. The number of hydrogen-bond acceptors (Lipinski definition) is 8. The van der Waals surface area contributed by atoms with Crippen LogP contribution >= 0.6 is 0 Å². The molecular formula is C34H40O8. The zero-order valence-electron chi connectivity index (χ0n) is 24.5. The Kier molecular flexibility index (Phi) is 12.3. The van der Waals surface area contributed by atoms with Crippen molar-refractivity contribution in [2.24, 2.45) is 0 Å². The predicted molar refractivity (Wildman–Crippen MR) is 160 cm³/mol. The minimum Gasteiger partial charge on any atom is -0.462 e. The summed E-state index contributed by atoms with van der Waals surface area (Å²) in [5, 5.41) is 9.14. The second-order valence-electron chi connectivity index (χ2n) is 10.5. The van der Waals surface area contributed by atoms with Crippen LogP contribution in [0, 0.1) is 0 Å². The SMILES string of the molecule is C=C(C)C(=O)OCCCc1ccc(-c2ccc(OC(=O)C(=C)COC)c(C3CCC(OC(=O)C(=C)CO)CC3)c2)cc1. The molecule has 8 heteroatoms. The van der Waals surface area contributed by atoms with Crippen LogP contribution in [0.1, 0.15) is 56.1 Å². The van der Waals surface area contributed by atoms with Crippen LogP contribution in [0.2, 0.25) is 0 Å². The van der Waals surface area contributed by atoms with Crippen LogP contribution in [-0.2, 0) is 35.0 Å². The van der Waals surface area contributed by atoms with E-state index < -0.39 is 18.5 Å². The Labute approximate surface area is 247 Å². The summed E-state index contributed by atoms with van der Waals surface area (Å²) in [5.74, 6) is -0.947. The Balaban J connectivity index is 1.75. The molecule has 0 aromatic heterocycles. The fraction of sp³-hybridized carbons (Fsp3) is 0.382. The molecule has 1 aliphatic carbocycles. The second-order valence-corrected chi connectivity index (χ2v) is 10.5. The van der Waals surface area contributed by atoms with Gasteiger partial charge in [0.05, 0.1) is 31.0 Å². The number of carbonyl (C=O) groups excluding carboxylic acids is 3. The van der Waals surface area contributed by atoms with Gasteiger partial charge in [-0.2, -0.15) is 0 Å². The van der Waals surface area contributed by atoms with Gasteiger partial charge < -0.3 is 24.1 Å². The Bertz CT molecular complexity index is 1300. The number of rotatable bonds is 14. The van der Waals surface area contributed by atoms with Gasteiger partial charge in [-0.15, -0.1) is 0 Å². The number of carbonyl (C=O) groups is 3. The molecule has 0 unspecified atom stereocenters. The molecule has 3 rings (SSSR count). The summed E-state index contributed by atoms with van der Waals surface area (Å²) in [6.07, 6.45) is 3.96. The van der Waals surface area contributed by atoms with Crippen molar-refractivity contribution >= 4 is 17.9 Å². The third-order valence-electron chi connectivity index (χ3n) is 7.17. The highest BCUT2D eigenvalue weighted by atomic mass is 16.5. The van der Waals surface area contributed by atoms with Crippen LogP contribution in [-0.4, -0.2) is 56.0 Å². The number of benzene rings is 2. The number of methoxy groups -OCH3 is 1. The molecule has 2 aromatic rings. The van der Waals surface area contributed by atoms with Crippen molar-refractivity contribution in [1.29, 1.82) is 0 Å².